The van der Waals surface area contributed by atoms with Gasteiger partial charge in [0.1, 0.15) is 6.04 Å². The Morgan fingerprint density at radius 2 is 1.83 bits per heavy atom. The van der Waals surface area contributed by atoms with Crippen LogP contribution in [-0.2, 0) is 9.53 Å². The van der Waals surface area contributed by atoms with E-state index in [1.807, 2.05) is 20.8 Å². The van der Waals surface area contributed by atoms with Gasteiger partial charge in [-0.15, -0.1) is 0 Å². The Bertz CT molecular complexity index is 395. The molecule has 0 spiro atoms. The minimum Gasteiger partial charge on any atom is -0.396 e. The lowest BCUT2D eigenvalue weighted by Gasteiger charge is -2.34. The smallest absolute Gasteiger partial charge is 0.315 e. The van der Waals surface area contributed by atoms with Crippen molar-refractivity contribution in [3.8, 4) is 0 Å². The molecule has 7 heteroatoms. The summed E-state index contributed by atoms with van der Waals surface area (Å²) in [7, 11) is 1.58. The van der Waals surface area contributed by atoms with E-state index in [0.717, 1.165) is 12.8 Å². The first-order valence-electron chi connectivity index (χ1n) is 8.83. The number of urea groups is 1. The fourth-order valence-electron chi connectivity index (χ4n) is 2.96. The molecular weight excluding hydrogens is 310 g/mol. The molecule has 1 fully saturated rings. The monoisotopic (exact) mass is 343 g/mol. The Hall–Kier alpha value is -1.34. The third-order valence-corrected chi connectivity index (χ3v) is 4.29. The molecule has 0 bridgehead atoms. The number of piperidine rings is 1. The molecule has 3 amide bonds. The predicted molar refractivity (Wildman–Crippen MR) is 92.6 cm³/mol. The zero-order valence-corrected chi connectivity index (χ0v) is 15.4. The normalized spacial score (nSPS) is 18.3. The van der Waals surface area contributed by atoms with Crippen LogP contribution in [0.15, 0.2) is 0 Å². The fourth-order valence-corrected chi connectivity index (χ4v) is 2.96. The quantitative estimate of drug-likeness (QED) is 0.612. The summed E-state index contributed by atoms with van der Waals surface area (Å²) in [5.74, 6) is 0.545. The maximum absolute atomic E-state index is 12.8. The van der Waals surface area contributed by atoms with Gasteiger partial charge in [-0.05, 0) is 38.0 Å². The number of methoxy groups -OCH3 is 1. The van der Waals surface area contributed by atoms with E-state index in [2.05, 4.69) is 10.6 Å². The number of likely N-dealkylation sites (tertiary alicyclic amines) is 1. The number of nitrogens with one attached hydrogen (secondary N) is 2. The lowest BCUT2D eigenvalue weighted by molar-refractivity contribution is -0.135. The molecule has 0 aliphatic carbocycles. The van der Waals surface area contributed by atoms with E-state index < -0.39 is 6.04 Å². The average molecular weight is 343 g/mol. The number of aliphatic hydroxyl groups is 1. The molecule has 0 aromatic rings. The molecular formula is C17H33N3O4. The molecule has 0 aromatic carbocycles. The summed E-state index contributed by atoms with van der Waals surface area (Å²) in [6.07, 6.45) is 2.23. The van der Waals surface area contributed by atoms with Gasteiger partial charge in [-0.1, -0.05) is 13.8 Å². The Morgan fingerprint density at radius 1 is 1.21 bits per heavy atom. The lowest BCUT2D eigenvalue weighted by Crippen LogP contribution is -2.54. The van der Waals surface area contributed by atoms with Gasteiger partial charge in [0.15, 0.2) is 0 Å². The van der Waals surface area contributed by atoms with Gasteiger partial charge in [-0.2, -0.15) is 0 Å². The summed E-state index contributed by atoms with van der Waals surface area (Å²) in [6.45, 7) is 7.79. The van der Waals surface area contributed by atoms with Crippen molar-refractivity contribution in [2.24, 2.45) is 11.8 Å². The van der Waals surface area contributed by atoms with Crippen LogP contribution in [0.5, 0.6) is 0 Å². The molecule has 1 saturated heterocycles. The molecule has 1 aliphatic heterocycles. The zero-order valence-electron chi connectivity index (χ0n) is 15.4. The maximum atomic E-state index is 12.8. The number of aliphatic hydroxyl groups excluding tert-OH is 1. The first-order valence-corrected chi connectivity index (χ1v) is 8.83. The van der Waals surface area contributed by atoms with Crippen LogP contribution in [0, 0.1) is 11.8 Å². The van der Waals surface area contributed by atoms with Gasteiger partial charge in [-0.3, -0.25) is 4.79 Å². The van der Waals surface area contributed by atoms with E-state index in [1.54, 1.807) is 12.0 Å². The summed E-state index contributed by atoms with van der Waals surface area (Å²) in [5.41, 5.74) is 0. The highest BCUT2D eigenvalue weighted by molar-refractivity contribution is 5.87. The Labute approximate surface area is 145 Å². The Kier molecular flexibility index (Phi) is 9.07. The highest BCUT2D eigenvalue weighted by Gasteiger charge is 2.29. The fraction of sp³-hybridized carbons (Fsp3) is 0.882. The van der Waals surface area contributed by atoms with E-state index in [4.69, 9.17) is 4.74 Å². The first kappa shape index (κ1) is 20.7. The number of amides is 3. The number of nitrogens with zero attached hydrogens (tertiary/aromatic N) is 1. The molecule has 0 saturated carbocycles. The van der Waals surface area contributed by atoms with E-state index >= 15 is 0 Å². The van der Waals surface area contributed by atoms with Crippen LogP contribution in [-0.4, -0.2) is 67.4 Å². The van der Waals surface area contributed by atoms with E-state index in [-0.39, 0.29) is 30.5 Å². The van der Waals surface area contributed by atoms with Crippen LogP contribution >= 0.6 is 0 Å². The topological polar surface area (TPSA) is 90.9 Å². The van der Waals surface area contributed by atoms with Gasteiger partial charge < -0.3 is 25.4 Å². The summed E-state index contributed by atoms with van der Waals surface area (Å²) in [6, 6.07) is -0.987. The van der Waals surface area contributed by atoms with Crippen LogP contribution in [0.4, 0.5) is 4.79 Å². The van der Waals surface area contributed by atoms with Crippen molar-refractivity contribution in [2.75, 3.05) is 33.4 Å². The molecule has 3 N–H and O–H groups in total. The minimum absolute atomic E-state index is 0.0327. The van der Waals surface area contributed by atoms with E-state index in [9.17, 15) is 14.7 Å². The average Bonchev–Trinajstić information content (AvgIpc) is 2.53. The second-order valence-electron chi connectivity index (χ2n) is 7.11. The van der Waals surface area contributed by atoms with Gasteiger partial charge >= 0.3 is 6.03 Å². The number of hydrogen-bond donors (Lipinski definition) is 3. The predicted octanol–water partition coefficient (Wildman–Crippen LogP) is 0.966. The molecule has 0 unspecified atom stereocenters. The number of hydrogen-bond acceptors (Lipinski definition) is 4. The Morgan fingerprint density at radius 3 is 2.33 bits per heavy atom. The van der Waals surface area contributed by atoms with Gasteiger partial charge in [-0.25, -0.2) is 4.79 Å². The summed E-state index contributed by atoms with van der Waals surface area (Å²) in [4.78, 5) is 26.7. The van der Waals surface area contributed by atoms with E-state index in [0.29, 0.717) is 32.0 Å². The third kappa shape index (κ3) is 7.05. The zero-order chi connectivity index (χ0) is 18.1. The van der Waals surface area contributed by atoms with Gasteiger partial charge in [0.25, 0.3) is 0 Å². The van der Waals surface area contributed by atoms with Crippen molar-refractivity contribution in [1.82, 2.24) is 15.5 Å². The SMILES string of the molecule is COC[C@@H](C)NC(=O)N[C@@H](CC(C)C)C(=O)N1CCC(CO)CC1. The highest BCUT2D eigenvalue weighted by atomic mass is 16.5. The third-order valence-electron chi connectivity index (χ3n) is 4.29. The standard InChI is InChI=1S/C17H33N3O4/c1-12(2)9-15(19-17(23)18-13(3)11-24-4)16(22)20-7-5-14(10-21)6-8-20/h12-15,21H,5-11H2,1-4H3,(H2,18,19,23)/t13-,15+/m1/s1. The van der Waals surface area contributed by atoms with Crippen molar-refractivity contribution in [1.29, 1.82) is 0 Å². The van der Waals surface area contributed by atoms with Crippen molar-refractivity contribution in [3.05, 3.63) is 0 Å². The van der Waals surface area contributed by atoms with E-state index in [1.165, 1.54) is 0 Å². The van der Waals surface area contributed by atoms with Gasteiger partial charge in [0.2, 0.25) is 5.91 Å². The number of carbonyl (C=O) groups is 2. The molecule has 2 atom stereocenters. The van der Waals surface area contributed by atoms with Crippen LogP contribution in [0.25, 0.3) is 0 Å². The summed E-state index contributed by atoms with van der Waals surface area (Å²) < 4.78 is 5.00. The van der Waals surface area contributed by atoms with Crippen LogP contribution in [0.1, 0.15) is 40.0 Å². The number of ether oxygens (including phenoxy) is 1. The molecule has 0 aromatic heterocycles. The Balaban J connectivity index is 2.60. The molecule has 7 nitrogen and oxygen atoms in total. The second-order valence-corrected chi connectivity index (χ2v) is 7.11. The highest BCUT2D eigenvalue weighted by Crippen LogP contribution is 2.18. The molecule has 0 radical (unpaired) electrons. The number of carbonyl (C=O) groups excluding carboxylic acids is 2. The van der Waals surface area contributed by atoms with Crippen LogP contribution in [0.3, 0.4) is 0 Å². The van der Waals surface area contributed by atoms with Crippen LogP contribution < -0.4 is 10.6 Å². The molecule has 140 valence electrons. The maximum Gasteiger partial charge on any atom is 0.315 e. The van der Waals surface area contributed by atoms with Crippen LogP contribution in [0.2, 0.25) is 0 Å². The summed E-state index contributed by atoms with van der Waals surface area (Å²) in [5, 5.41) is 14.8. The lowest BCUT2D eigenvalue weighted by atomic mass is 9.96. The van der Waals surface area contributed by atoms with Gasteiger partial charge in [0, 0.05) is 26.8 Å². The minimum atomic E-state index is -0.523. The molecule has 1 heterocycles. The van der Waals surface area contributed by atoms with Crippen molar-refractivity contribution in [3.63, 3.8) is 0 Å². The second kappa shape index (κ2) is 10.5. The molecule has 1 aliphatic rings. The van der Waals surface area contributed by atoms with Gasteiger partial charge in [0.05, 0.1) is 12.6 Å². The first-order chi connectivity index (χ1) is 11.4. The van der Waals surface area contributed by atoms with Crippen molar-refractivity contribution in [2.45, 2.75) is 52.1 Å². The van der Waals surface area contributed by atoms with Crippen molar-refractivity contribution >= 4 is 11.9 Å². The number of rotatable bonds is 8. The van der Waals surface area contributed by atoms with Crippen molar-refractivity contribution < 1.29 is 19.4 Å². The largest absolute Gasteiger partial charge is 0.396 e. The molecule has 24 heavy (non-hydrogen) atoms. The summed E-state index contributed by atoms with van der Waals surface area (Å²) >= 11 is 0. The molecule has 1 rings (SSSR count).